The van der Waals surface area contributed by atoms with Crippen LogP contribution >= 0.6 is 15.9 Å². The van der Waals surface area contributed by atoms with Crippen molar-refractivity contribution in [1.82, 2.24) is 4.31 Å². The van der Waals surface area contributed by atoms with Gasteiger partial charge in [-0.15, -0.1) is 0 Å². The van der Waals surface area contributed by atoms with Gasteiger partial charge in [-0.25, -0.2) is 8.42 Å². The topological polar surface area (TPSA) is 57.7 Å². The number of Topliss-reactive ketones (excluding diaryl/α,β-unsaturated/α-hetero) is 1. The maximum Gasteiger partial charge on any atom is 0.243 e. The lowest BCUT2D eigenvalue weighted by atomic mass is 10.2. The van der Waals surface area contributed by atoms with E-state index in [2.05, 4.69) is 20.8 Å². The molecule has 0 saturated carbocycles. The summed E-state index contributed by atoms with van der Waals surface area (Å²) in [4.78, 5) is 13.7. The summed E-state index contributed by atoms with van der Waals surface area (Å²) in [5.41, 5.74) is 1.60. The highest BCUT2D eigenvalue weighted by molar-refractivity contribution is 9.10. The molecule has 1 heterocycles. The maximum atomic E-state index is 12.8. The van der Waals surface area contributed by atoms with Gasteiger partial charge < -0.3 is 4.90 Å². The average molecular weight is 423 g/mol. The van der Waals surface area contributed by atoms with Gasteiger partial charge in [0.1, 0.15) is 0 Å². The predicted molar refractivity (Wildman–Crippen MR) is 102 cm³/mol. The van der Waals surface area contributed by atoms with Gasteiger partial charge in [-0.2, -0.15) is 4.31 Å². The fraction of sp³-hybridized carbons (Fsp3) is 0.278. The Morgan fingerprint density at radius 1 is 0.920 bits per heavy atom. The number of ketones is 1. The van der Waals surface area contributed by atoms with Crippen molar-refractivity contribution in [1.29, 1.82) is 0 Å². The lowest BCUT2D eigenvalue weighted by molar-refractivity contribution is 0.101. The third kappa shape index (κ3) is 3.94. The molecule has 0 spiro atoms. The Balaban J connectivity index is 1.70. The summed E-state index contributed by atoms with van der Waals surface area (Å²) in [5.74, 6) is -0.0768. The van der Waals surface area contributed by atoms with Crippen molar-refractivity contribution < 1.29 is 13.2 Å². The van der Waals surface area contributed by atoms with Crippen LogP contribution in [0.5, 0.6) is 0 Å². The number of benzene rings is 2. The quantitative estimate of drug-likeness (QED) is 0.709. The zero-order chi connectivity index (χ0) is 18.0. The summed E-state index contributed by atoms with van der Waals surface area (Å²) >= 11 is 3.42. The number of halogens is 1. The summed E-state index contributed by atoms with van der Waals surface area (Å²) in [6, 6.07) is 14.1. The highest BCUT2D eigenvalue weighted by Gasteiger charge is 2.28. The lowest BCUT2D eigenvalue weighted by Gasteiger charge is -2.35. The van der Waals surface area contributed by atoms with Crippen molar-refractivity contribution in [3.8, 4) is 0 Å². The molecule has 0 radical (unpaired) electrons. The minimum Gasteiger partial charge on any atom is -0.369 e. The van der Waals surface area contributed by atoms with Gasteiger partial charge in [0.15, 0.2) is 5.78 Å². The molecule has 0 aliphatic carbocycles. The van der Waals surface area contributed by atoms with E-state index in [1.54, 1.807) is 12.1 Å². The molecule has 0 amide bonds. The van der Waals surface area contributed by atoms with Gasteiger partial charge in [-0.3, -0.25) is 4.79 Å². The molecule has 1 aliphatic heterocycles. The Kier molecular flexibility index (Phi) is 5.27. The van der Waals surface area contributed by atoms with Crippen molar-refractivity contribution in [3.63, 3.8) is 0 Å². The normalized spacial score (nSPS) is 16.0. The fourth-order valence-electron chi connectivity index (χ4n) is 2.85. The Morgan fingerprint density at radius 2 is 1.48 bits per heavy atom. The van der Waals surface area contributed by atoms with Crippen LogP contribution in [0, 0.1) is 0 Å². The molecule has 7 heteroatoms. The minimum atomic E-state index is -3.53. The third-order valence-electron chi connectivity index (χ3n) is 4.33. The van der Waals surface area contributed by atoms with Crippen LogP contribution in [0.15, 0.2) is 57.9 Å². The Morgan fingerprint density at radius 3 is 2.00 bits per heavy atom. The van der Waals surface area contributed by atoms with E-state index < -0.39 is 10.0 Å². The highest BCUT2D eigenvalue weighted by atomic mass is 79.9. The van der Waals surface area contributed by atoms with Gasteiger partial charge in [-0.1, -0.05) is 28.1 Å². The molecule has 2 aromatic carbocycles. The second-order valence-electron chi connectivity index (χ2n) is 5.95. The van der Waals surface area contributed by atoms with Gasteiger partial charge >= 0.3 is 0 Å². The van der Waals surface area contributed by atoms with E-state index >= 15 is 0 Å². The number of piperazine rings is 1. The maximum absolute atomic E-state index is 12.8. The average Bonchev–Trinajstić information content (AvgIpc) is 2.62. The molecule has 1 fully saturated rings. The molecule has 2 aromatic rings. The van der Waals surface area contributed by atoms with Crippen LogP contribution in [0.3, 0.4) is 0 Å². The van der Waals surface area contributed by atoms with E-state index in [1.807, 2.05) is 24.3 Å². The number of hydrogen-bond donors (Lipinski definition) is 0. The number of sulfonamides is 1. The highest BCUT2D eigenvalue weighted by Crippen LogP contribution is 2.23. The first-order valence-corrected chi connectivity index (χ1v) is 10.2. The molecular formula is C18H19BrN2O3S. The molecule has 25 heavy (non-hydrogen) atoms. The number of anilines is 1. The predicted octanol–water partition coefficient (Wildman–Crippen LogP) is 3.16. The van der Waals surface area contributed by atoms with E-state index in [0.717, 1.165) is 10.2 Å². The number of carbonyl (C=O) groups is 1. The molecule has 0 bridgehead atoms. The van der Waals surface area contributed by atoms with Crippen LogP contribution < -0.4 is 4.90 Å². The van der Waals surface area contributed by atoms with E-state index in [1.165, 1.54) is 23.4 Å². The minimum absolute atomic E-state index is 0.0768. The second-order valence-corrected chi connectivity index (χ2v) is 8.80. The first kappa shape index (κ1) is 18.1. The van der Waals surface area contributed by atoms with E-state index in [0.29, 0.717) is 31.7 Å². The summed E-state index contributed by atoms with van der Waals surface area (Å²) in [6.07, 6.45) is 0. The number of nitrogens with zero attached hydrogens (tertiary/aromatic N) is 2. The monoisotopic (exact) mass is 422 g/mol. The van der Waals surface area contributed by atoms with Crippen molar-refractivity contribution in [2.75, 3.05) is 31.1 Å². The Hall–Kier alpha value is -1.70. The number of hydrogen-bond acceptors (Lipinski definition) is 4. The SMILES string of the molecule is CC(=O)c1ccc(S(=O)(=O)N2CCN(c3ccc(Br)cc3)CC2)cc1. The summed E-state index contributed by atoms with van der Waals surface area (Å²) in [5, 5.41) is 0. The Labute approximate surface area is 156 Å². The summed E-state index contributed by atoms with van der Waals surface area (Å²) in [7, 11) is -3.53. The van der Waals surface area contributed by atoms with Gasteiger partial charge in [0.2, 0.25) is 10.0 Å². The van der Waals surface area contributed by atoms with Gasteiger partial charge in [0, 0.05) is 41.9 Å². The van der Waals surface area contributed by atoms with Crippen molar-refractivity contribution in [2.45, 2.75) is 11.8 Å². The molecule has 132 valence electrons. The smallest absolute Gasteiger partial charge is 0.243 e. The van der Waals surface area contributed by atoms with E-state index in [-0.39, 0.29) is 10.7 Å². The van der Waals surface area contributed by atoms with Crippen LogP contribution in [0.1, 0.15) is 17.3 Å². The second kappa shape index (κ2) is 7.27. The molecule has 0 aromatic heterocycles. The van der Waals surface area contributed by atoms with Gasteiger partial charge in [0.25, 0.3) is 0 Å². The number of carbonyl (C=O) groups excluding carboxylic acids is 1. The standard InChI is InChI=1S/C18H19BrN2O3S/c1-14(22)15-2-8-18(9-3-15)25(23,24)21-12-10-20(11-13-21)17-6-4-16(19)5-7-17/h2-9H,10-13H2,1H3. The van der Waals surface area contributed by atoms with Gasteiger partial charge in [-0.05, 0) is 43.3 Å². The van der Waals surface area contributed by atoms with Crippen molar-refractivity contribution >= 4 is 37.4 Å². The Bertz CT molecular complexity index is 856. The zero-order valence-electron chi connectivity index (χ0n) is 13.9. The third-order valence-corrected chi connectivity index (χ3v) is 6.77. The van der Waals surface area contributed by atoms with Crippen LogP contribution in [0.25, 0.3) is 0 Å². The molecule has 0 N–H and O–H groups in total. The first-order chi connectivity index (χ1) is 11.9. The van der Waals surface area contributed by atoms with E-state index in [9.17, 15) is 13.2 Å². The summed E-state index contributed by atoms with van der Waals surface area (Å²) < 4.78 is 28.1. The molecule has 3 rings (SSSR count). The van der Waals surface area contributed by atoms with E-state index in [4.69, 9.17) is 0 Å². The molecule has 0 atom stereocenters. The zero-order valence-corrected chi connectivity index (χ0v) is 16.3. The summed E-state index contributed by atoms with van der Waals surface area (Å²) in [6.45, 7) is 3.63. The van der Waals surface area contributed by atoms with Crippen LogP contribution in [0.2, 0.25) is 0 Å². The van der Waals surface area contributed by atoms with Crippen molar-refractivity contribution in [2.24, 2.45) is 0 Å². The largest absolute Gasteiger partial charge is 0.369 e. The van der Waals surface area contributed by atoms with Crippen LogP contribution in [0.4, 0.5) is 5.69 Å². The molecular weight excluding hydrogens is 404 g/mol. The lowest BCUT2D eigenvalue weighted by Crippen LogP contribution is -2.48. The molecule has 1 saturated heterocycles. The first-order valence-electron chi connectivity index (χ1n) is 7.99. The van der Waals surface area contributed by atoms with Crippen LogP contribution in [-0.2, 0) is 10.0 Å². The molecule has 0 unspecified atom stereocenters. The number of rotatable bonds is 4. The molecule has 5 nitrogen and oxygen atoms in total. The molecule has 1 aliphatic rings. The van der Waals surface area contributed by atoms with Crippen LogP contribution in [-0.4, -0.2) is 44.7 Å². The fourth-order valence-corrected chi connectivity index (χ4v) is 4.54. The van der Waals surface area contributed by atoms with Gasteiger partial charge in [0.05, 0.1) is 4.90 Å². The van der Waals surface area contributed by atoms with Crippen molar-refractivity contribution in [3.05, 3.63) is 58.6 Å².